The van der Waals surface area contributed by atoms with Gasteiger partial charge in [0, 0.05) is 17.8 Å². The molecule has 0 saturated heterocycles. The fourth-order valence-electron chi connectivity index (χ4n) is 1.97. The molecule has 2 rings (SSSR count). The molecule has 0 aliphatic carbocycles. The third-order valence-corrected chi connectivity index (χ3v) is 3.11. The number of imidazole rings is 1. The number of halogens is 1. The summed E-state index contributed by atoms with van der Waals surface area (Å²) < 4.78 is 15.7. The summed E-state index contributed by atoms with van der Waals surface area (Å²) in [7, 11) is 0. The summed E-state index contributed by atoms with van der Waals surface area (Å²) in [4.78, 5) is 4.23. The SMILES string of the molecule is Cc1ncn(C(CN)c2ccccc2F)c1C. The Morgan fingerprint density at radius 2 is 2.06 bits per heavy atom. The van der Waals surface area contributed by atoms with E-state index < -0.39 is 0 Å². The Labute approximate surface area is 100 Å². The molecule has 1 unspecified atom stereocenters. The molecular formula is C13H16FN3. The Bertz CT molecular complexity index is 519. The van der Waals surface area contributed by atoms with Gasteiger partial charge in [-0.15, -0.1) is 0 Å². The third-order valence-electron chi connectivity index (χ3n) is 3.11. The highest BCUT2D eigenvalue weighted by Crippen LogP contribution is 2.22. The van der Waals surface area contributed by atoms with Gasteiger partial charge in [-0.2, -0.15) is 0 Å². The van der Waals surface area contributed by atoms with Crippen molar-refractivity contribution < 1.29 is 4.39 Å². The maximum Gasteiger partial charge on any atom is 0.128 e. The van der Waals surface area contributed by atoms with Gasteiger partial charge < -0.3 is 10.3 Å². The maximum absolute atomic E-state index is 13.8. The standard InChI is InChI=1S/C13H16FN3/c1-9-10(2)17(8-16-9)13(7-15)11-5-3-4-6-12(11)14/h3-6,8,13H,7,15H2,1-2H3. The molecule has 4 heteroatoms. The minimum Gasteiger partial charge on any atom is -0.328 e. The van der Waals surface area contributed by atoms with Crippen molar-refractivity contribution in [3.8, 4) is 0 Å². The second-order valence-electron chi connectivity index (χ2n) is 4.10. The zero-order chi connectivity index (χ0) is 12.4. The number of aromatic nitrogens is 2. The average Bonchev–Trinajstić information content (AvgIpc) is 2.65. The topological polar surface area (TPSA) is 43.8 Å². The molecule has 2 N–H and O–H groups in total. The molecule has 0 fully saturated rings. The fraction of sp³-hybridized carbons (Fsp3) is 0.308. The molecule has 3 nitrogen and oxygen atoms in total. The molecule has 1 aromatic carbocycles. The first-order valence-corrected chi connectivity index (χ1v) is 5.59. The zero-order valence-corrected chi connectivity index (χ0v) is 10.0. The lowest BCUT2D eigenvalue weighted by Gasteiger charge is -2.19. The van der Waals surface area contributed by atoms with Crippen molar-refractivity contribution in [3.63, 3.8) is 0 Å². The Morgan fingerprint density at radius 3 is 2.59 bits per heavy atom. The number of benzene rings is 1. The van der Waals surface area contributed by atoms with Crippen LogP contribution in [0.4, 0.5) is 4.39 Å². The summed E-state index contributed by atoms with van der Waals surface area (Å²) in [6.45, 7) is 4.24. The van der Waals surface area contributed by atoms with E-state index in [0.29, 0.717) is 12.1 Å². The second-order valence-corrected chi connectivity index (χ2v) is 4.10. The first-order chi connectivity index (χ1) is 8.15. The monoisotopic (exact) mass is 233 g/mol. The molecule has 0 amide bonds. The van der Waals surface area contributed by atoms with Crippen LogP contribution >= 0.6 is 0 Å². The summed E-state index contributed by atoms with van der Waals surface area (Å²) in [5.41, 5.74) is 8.34. The molecule has 1 atom stereocenters. The zero-order valence-electron chi connectivity index (χ0n) is 10.0. The summed E-state index contributed by atoms with van der Waals surface area (Å²) >= 11 is 0. The lowest BCUT2D eigenvalue weighted by Crippen LogP contribution is -2.22. The average molecular weight is 233 g/mol. The number of nitrogens with zero attached hydrogens (tertiary/aromatic N) is 2. The van der Waals surface area contributed by atoms with Crippen LogP contribution in [0.3, 0.4) is 0 Å². The quantitative estimate of drug-likeness (QED) is 0.883. The molecule has 0 spiro atoms. The molecule has 17 heavy (non-hydrogen) atoms. The van der Waals surface area contributed by atoms with E-state index in [-0.39, 0.29) is 11.9 Å². The van der Waals surface area contributed by atoms with Crippen LogP contribution in [0.1, 0.15) is 23.0 Å². The normalized spacial score (nSPS) is 12.7. The number of hydrogen-bond acceptors (Lipinski definition) is 2. The van der Waals surface area contributed by atoms with Gasteiger partial charge in [-0.25, -0.2) is 9.37 Å². The van der Waals surface area contributed by atoms with Crippen LogP contribution in [-0.4, -0.2) is 16.1 Å². The Balaban J connectivity index is 2.48. The lowest BCUT2D eigenvalue weighted by atomic mass is 10.1. The lowest BCUT2D eigenvalue weighted by molar-refractivity contribution is 0.529. The summed E-state index contributed by atoms with van der Waals surface area (Å²) in [5.74, 6) is -0.228. The minimum absolute atomic E-state index is 0.197. The minimum atomic E-state index is -0.228. The highest BCUT2D eigenvalue weighted by molar-refractivity contribution is 5.24. The van der Waals surface area contributed by atoms with Gasteiger partial charge in [0.15, 0.2) is 0 Å². The summed E-state index contributed by atoms with van der Waals surface area (Å²) in [6, 6.07) is 6.52. The van der Waals surface area contributed by atoms with Gasteiger partial charge in [0.1, 0.15) is 5.82 Å². The van der Waals surface area contributed by atoms with Crippen molar-refractivity contribution in [2.24, 2.45) is 5.73 Å². The fourth-order valence-corrected chi connectivity index (χ4v) is 1.97. The number of aryl methyl sites for hydroxylation is 1. The molecule has 90 valence electrons. The van der Waals surface area contributed by atoms with Crippen LogP contribution in [0.2, 0.25) is 0 Å². The number of hydrogen-bond donors (Lipinski definition) is 1. The van der Waals surface area contributed by atoms with E-state index in [2.05, 4.69) is 4.98 Å². The summed E-state index contributed by atoms with van der Waals surface area (Å²) in [5, 5.41) is 0. The van der Waals surface area contributed by atoms with E-state index in [0.717, 1.165) is 11.4 Å². The van der Waals surface area contributed by atoms with Crippen LogP contribution in [0.25, 0.3) is 0 Å². The van der Waals surface area contributed by atoms with Gasteiger partial charge in [-0.1, -0.05) is 18.2 Å². The van der Waals surface area contributed by atoms with Crippen molar-refractivity contribution in [2.45, 2.75) is 19.9 Å². The van der Waals surface area contributed by atoms with Crippen LogP contribution in [0.15, 0.2) is 30.6 Å². The van der Waals surface area contributed by atoms with Crippen molar-refractivity contribution in [1.29, 1.82) is 0 Å². The van der Waals surface area contributed by atoms with E-state index in [1.165, 1.54) is 6.07 Å². The van der Waals surface area contributed by atoms with E-state index >= 15 is 0 Å². The first-order valence-electron chi connectivity index (χ1n) is 5.59. The second kappa shape index (κ2) is 4.67. The van der Waals surface area contributed by atoms with Crippen LogP contribution in [0, 0.1) is 19.7 Å². The van der Waals surface area contributed by atoms with E-state index in [1.807, 2.05) is 24.5 Å². The van der Waals surface area contributed by atoms with Crippen LogP contribution < -0.4 is 5.73 Å². The van der Waals surface area contributed by atoms with Crippen molar-refractivity contribution in [2.75, 3.05) is 6.54 Å². The van der Waals surface area contributed by atoms with Crippen LogP contribution in [0.5, 0.6) is 0 Å². The molecule has 1 aromatic heterocycles. The van der Waals surface area contributed by atoms with Crippen molar-refractivity contribution in [3.05, 3.63) is 53.4 Å². The molecule has 0 radical (unpaired) electrons. The van der Waals surface area contributed by atoms with Gasteiger partial charge in [0.25, 0.3) is 0 Å². The van der Waals surface area contributed by atoms with Gasteiger partial charge in [0.05, 0.1) is 18.1 Å². The van der Waals surface area contributed by atoms with E-state index in [1.54, 1.807) is 18.5 Å². The third kappa shape index (κ3) is 2.08. The number of rotatable bonds is 3. The molecular weight excluding hydrogens is 217 g/mol. The van der Waals surface area contributed by atoms with Gasteiger partial charge in [-0.3, -0.25) is 0 Å². The Kier molecular flexibility index (Phi) is 3.24. The van der Waals surface area contributed by atoms with Gasteiger partial charge in [-0.05, 0) is 19.9 Å². The maximum atomic E-state index is 13.8. The summed E-state index contributed by atoms with van der Waals surface area (Å²) in [6.07, 6.45) is 1.72. The largest absolute Gasteiger partial charge is 0.328 e. The Morgan fingerprint density at radius 1 is 1.35 bits per heavy atom. The Hall–Kier alpha value is -1.68. The van der Waals surface area contributed by atoms with Gasteiger partial charge in [0.2, 0.25) is 0 Å². The number of nitrogens with two attached hydrogens (primary N) is 1. The van der Waals surface area contributed by atoms with E-state index in [9.17, 15) is 4.39 Å². The smallest absolute Gasteiger partial charge is 0.128 e. The molecule has 0 bridgehead atoms. The highest BCUT2D eigenvalue weighted by Gasteiger charge is 2.17. The van der Waals surface area contributed by atoms with Crippen molar-refractivity contribution >= 4 is 0 Å². The molecule has 1 heterocycles. The van der Waals surface area contributed by atoms with Crippen LogP contribution in [-0.2, 0) is 0 Å². The molecule has 0 saturated carbocycles. The first kappa shape index (κ1) is 11.8. The van der Waals surface area contributed by atoms with Crippen molar-refractivity contribution in [1.82, 2.24) is 9.55 Å². The highest BCUT2D eigenvalue weighted by atomic mass is 19.1. The molecule has 0 aliphatic rings. The van der Waals surface area contributed by atoms with E-state index in [4.69, 9.17) is 5.73 Å². The predicted octanol–water partition coefficient (Wildman–Crippen LogP) is 2.19. The molecule has 0 aliphatic heterocycles. The van der Waals surface area contributed by atoms with Gasteiger partial charge >= 0.3 is 0 Å². The predicted molar refractivity (Wildman–Crippen MR) is 65.3 cm³/mol. The molecule has 2 aromatic rings.